The van der Waals surface area contributed by atoms with Gasteiger partial charge in [0.15, 0.2) is 0 Å². The van der Waals surface area contributed by atoms with Crippen molar-refractivity contribution in [2.75, 3.05) is 33.2 Å². The molecular formula is C18H21NO3. The summed E-state index contributed by atoms with van der Waals surface area (Å²) in [7, 11) is 4.97. The SMILES string of the molecule is COc1ccc(OC)c(NCC=Cc2ccccc2OC)c1. The average Bonchev–Trinajstić information content (AvgIpc) is 2.58. The van der Waals surface area contributed by atoms with Gasteiger partial charge in [0.2, 0.25) is 0 Å². The predicted octanol–water partition coefficient (Wildman–Crippen LogP) is 3.84. The molecule has 0 aliphatic heterocycles. The van der Waals surface area contributed by atoms with Gasteiger partial charge < -0.3 is 19.5 Å². The molecule has 0 fully saturated rings. The second-order valence-electron chi connectivity index (χ2n) is 4.59. The largest absolute Gasteiger partial charge is 0.497 e. The lowest BCUT2D eigenvalue weighted by atomic mass is 10.2. The number of benzene rings is 2. The van der Waals surface area contributed by atoms with Crippen LogP contribution in [0.1, 0.15) is 5.56 Å². The lowest BCUT2D eigenvalue weighted by molar-refractivity contribution is 0.404. The molecule has 2 aromatic rings. The van der Waals surface area contributed by atoms with Crippen molar-refractivity contribution in [1.29, 1.82) is 0 Å². The van der Waals surface area contributed by atoms with Crippen molar-refractivity contribution in [3.8, 4) is 17.2 Å². The van der Waals surface area contributed by atoms with E-state index in [1.54, 1.807) is 21.3 Å². The first kappa shape index (κ1) is 15.8. The highest BCUT2D eigenvalue weighted by Crippen LogP contribution is 2.28. The maximum absolute atomic E-state index is 5.33. The minimum atomic E-state index is 0.668. The maximum atomic E-state index is 5.33. The van der Waals surface area contributed by atoms with Crippen molar-refractivity contribution in [3.05, 3.63) is 54.1 Å². The Kier molecular flexibility index (Phi) is 5.72. The van der Waals surface area contributed by atoms with E-state index in [1.807, 2.05) is 54.6 Å². The van der Waals surface area contributed by atoms with E-state index < -0.39 is 0 Å². The second kappa shape index (κ2) is 7.98. The van der Waals surface area contributed by atoms with Crippen LogP contribution < -0.4 is 19.5 Å². The molecule has 0 aromatic heterocycles. The lowest BCUT2D eigenvalue weighted by Crippen LogP contribution is -2.01. The van der Waals surface area contributed by atoms with Gasteiger partial charge in [0.1, 0.15) is 17.2 Å². The molecule has 4 heteroatoms. The fourth-order valence-corrected chi connectivity index (χ4v) is 2.11. The van der Waals surface area contributed by atoms with Crippen LogP contribution in [0, 0.1) is 0 Å². The molecule has 0 bridgehead atoms. The lowest BCUT2D eigenvalue weighted by Gasteiger charge is -2.11. The van der Waals surface area contributed by atoms with Crippen molar-refractivity contribution in [2.24, 2.45) is 0 Å². The summed E-state index contributed by atoms with van der Waals surface area (Å²) < 4.78 is 15.9. The molecule has 0 unspecified atom stereocenters. The van der Waals surface area contributed by atoms with Crippen LogP contribution in [0.5, 0.6) is 17.2 Å². The summed E-state index contributed by atoms with van der Waals surface area (Å²) >= 11 is 0. The summed E-state index contributed by atoms with van der Waals surface area (Å²) in [6.45, 7) is 0.668. The Morgan fingerprint density at radius 3 is 2.41 bits per heavy atom. The smallest absolute Gasteiger partial charge is 0.142 e. The van der Waals surface area contributed by atoms with Gasteiger partial charge in [0.05, 0.1) is 27.0 Å². The zero-order chi connectivity index (χ0) is 15.8. The van der Waals surface area contributed by atoms with Crippen molar-refractivity contribution in [3.63, 3.8) is 0 Å². The molecule has 1 N–H and O–H groups in total. The number of hydrogen-bond donors (Lipinski definition) is 1. The molecule has 0 atom stereocenters. The fourth-order valence-electron chi connectivity index (χ4n) is 2.11. The topological polar surface area (TPSA) is 39.7 Å². The molecule has 0 aliphatic rings. The van der Waals surface area contributed by atoms with Crippen molar-refractivity contribution < 1.29 is 14.2 Å². The molecule has 4 nitrogen and oxygen atoms in total. The van der Waals surface area contributed by atoms with E-state index in [0.29, 0.717) is 6.54 Å². The summed E-state index contributed by atoms with van der Waals surface area (Å²) in [5, 5.41) is 3.31. The van der Waals surface area contributed by atoms with Crippen molar-refractivity contribution in [1.82, 2.24) is 0 Å². The minimum absolute atomic E-state index is 0.668. The summed E-state index contributed by atoms with van der Waals surface area (Å²) in [5.74, 6) is 2.43. The molecule has 0 saturated heterocycles. The molecule has 0 aliphatic carbocycles. The summed E-state index contributed by atoms with van der Waals surface area (Å²) in [6.07, 6.45) is 4.06. The van der Waals surface area contributed by atoms with Gasteiger partial charge >= 0.3 is 0 Å². The van der Waals surface area contributed by atoms with Gasteiger partial charge in [-0.2, -0.15) is 0 Å². The number of nitrogens with one attached hydrogen (secondary N) is 1. The molecule has 2 rings (SSSR count). The van der Waals surface area contributed by atoms with E-state index >= 15 is 0 Å². The zero-order valence-corrected chi connectivity index (χ0v) is 13.1. The average molecular weight is 299 g/mol. The molecule has 0 radical (unpaired) electrons. The fraction of sp³-hybridized carbons (Fsp3) is 0.222. The molecule has 22 heavy (non-hydrogen) atoms. The van der Waals surface area contributed by atoms with Crippen LogP contribution in [0.4, 0.5) is 5.69 Å². The van der Waals surface area contributed by atoms with E-state index in [4.69, 9.17) is 14.2 Å². The van der Waals surface area contributed by atoms with Crippen LogP contribution in [0.2, 0.25) is 0 Å². The van der Waals surface area contributed by atoms with Crippen molar-refractivity contribution in [2.45, 2.75) is 0 Å². The van der Waals surface area contributed by atoms with E-state index in [0.717, 1.165) is 28.5 Å². The quantitative estimate of drug-likeness (QED) is 0.843. The first-order valence-electron chi connectivity index (χ1n) is 7.04. The van der Waals surface area contributed by atoms with Gasteiger partial charge in [-0.25, -0.2) is 0 Å². The van der Waals surface area contributed by atoms with E-state index in [9.17, 15) is 0 Å². The molecule has 0 saturated carbocycles. The zero-order valence-electron chi connectivity index (χ0n) is 13.1. The third-order valence-corrected chi connectivity index (χ3v) is 3.25. The normalized spacial score (nSPS) is 10.5. The van der Waals surface area contributed by atoms with Gasteiger partial charge in [-0.15, -0.1) is 0 Å². The van der Waals surface area contributed by atoms with Gasteiger partial charge in [0, 0.05) is 18.2 Å². The van der Waals surface area contributed by atoms with E-state index in [-0.39, 0.29) is 0 Å². The van der Waals surface area contributed by atoms with Gasteiger partial charge in [-0.1, -0.05) is 30.4 Å². The maximum Gasteiger partial charge on any atom is 0.142 e. The summed E-state index contributed by atoms with van der Waals surface area (Å²) in [4.78, 5) is 0. The Morgan fingerprint density at radius 2 is 1.68 bits per heavy atom. The number of methoxy groups -OCH3 is 3. The monoisotopic (exact) mass is 299 g/mol. The Morgan fingerprint density at radius 1 is 0.909 bits per heavy atom. The van der Waals surface area contributed by atoms with Crippen LogP contribution >= 0.6 is 0 Å². The standard InChI is InChI=1S/C18H21NO3/c1-20-15-10-11-18(22-3)16(13-15)19-12-6-8-14-7-4-5-9-17(14)21-2/h4-11,13,19H,12H2,1-3H3. The van der Waals surface area contributed by atoms with Gasteiger partial charge in [-0.05, 0) is 18.2 Å². The van der Waals surface area contributed by atoms with Crippen molar-refractivity contribution >= 4 is 11.8 Å². The van der Waals surface area contributed by atoms with E-state index in [1.165, 1.54) is 0 Å². The second-order valence-corrected chi connectivity index (χ2v) is 4.59. The van der Waals surface area contributed by atoms with Crippen LogP contribution in [0.3, 0.4) is 0 Å². The number of ether oxygens (including phenoxy) is 3. The highest BCUT2D eigenvalue weighted by Gasteiger charge is 2.03. The molecule has 0 spiro atoms. The highest BCUT2D eigenvalue weighted by molar-refractivity contribution is 5.61. The number of para-hydroxylation sites is 1. The molecular weight excluding hydrogens is 278 g/mol. The Hall–Kier alpha value is -2.62. The molecule has 2 aromatic carbocycles. The summed E-state index contributed by atoms with van der Waals surface area (Å²) in [6, 6.07) is 13.6. The Labute approximate surface area is 131 Å². The van der Waals surface area contributed by atoms with Crippen LogP contribution in [-0.4, -0.2) is 27.9 Å². The highest BCUT2D eigenvalue weighted by atomic mass is 16.5. The van der Waals surface area contributed by atoms with E-state index in [2.05, 4.69) is 5.32 Å². The minimum Gasteiger partial charge on any atom is -0.497 e. The third kappa shape index (κ3) is 3.95. The van der Waals surface area contributed by atoms with Crippen LogP contribution in [-0.2, 0) is 0 Å². The number of rotatable bonds is 7. The van der Waals surface area contributed by atoms with Gasteiger partial charge in [0.25, 0.3) is 0 Å². The summed E-state index contributed by atoms with van der Waals surface area (Å²) in [5.41, 5.74) is 1.94. The Bertz CT molecular complexity index is 638. The first-order chi connectivity index (χ1) is 10.8. The molecule has 0 amide bonds. The predicted molar refractivity (Wildman–Crippen MR) is 90.1 cm³/mol. The van der Waals surface area contributed by atoms with Crippen LogP contribution in [0.25, 0.3) is 6.08 Å². The molecule has 0 heterocycles. The van der Waals surface area contributed by atoms with Gasteiger partial charge in [-0.3, -0.25) is 0 Å². The Balaban J connectivity index is 2.03. The van der Waals surface area contributed by atoms with Crippen LogP contribution in [0.15, 0.2) is 48.5 Å². The first-order valence-corrected chi connectivity index (χ1v) is 7.04. The third-order valence-electron chi connectivity index (χ3n) is 3.25. The number of anilines is 1. The number of hydrogen-bond acceptors (Lipinski definition) is 4. The molecule has 116 valence electrons.